The molecule has 0 aliphatic heterocycles. The Morgan fingerprint density at radius 3 is 1.52 bits per heavy atom. The van der Waals surface area contributed by atoms with Crippen molar-refractivity contribution in [2.75, 3.05) is 4.90 Å². The zero-order chi connectivity index (χ0) is 39.6. The lowest BCUT2D eigenvalue weighted by Crippen LogP contribution is -2.10. The Hall–Kier alpha value is -7.94. The van der Waals surface area contributed by atoms with Gasteiger partial charge < -0.3 is 9.32 Å². The summed E-state index contributed by atoms with van der Waals surface area (Å²) in [5, 5.41) is 12.4. The van der Waals surface area contributed by atoms with Crippen molar-refractivity contribution < 1.29 is 4.42 Å². The van der Waals surface area contributed by atoms with Crippen LogP contribution in [0.2, 0.25) is 0 Å². The first kappa shape index (κ1) is 34.1. The Kier molecular flexibility index (Phi) is 7.89. The van der Waals surface area contributed by atoms with Crippen LogP contribution in [-0.2, 0) is 0 Å². The Morgan fingerprint density at radius 1 is 0.267 bits per heavy atom. The second-order valence-electron chi connectivity index (χ2n) is 15.6. The third-order valence-corrected chi connectivity index (χ3v) is 12.2. The lowest BCUT2D eigenvalue weighted by atomic mass is 9.92. The summed E-state index contributed by atoms with van der Waals surface area (Å²) < 4.78 is 6.44. The van der Waals surface area contributed by atoms with Gasteiger partial charge in [-0.1, -0.05) is 176 Å². The van der Waals surface area contributed by atoms with Gasteiger partial charge >= 0.3 is 0 Å². The van der Waals surface area contributed by atoms with Crippen molar-refractivity contribution in [3.63, 3.8) is 0 Å². The van der Waals surface area contributed by atoms with Gasteiger partial charge in [0.2, 0.25) is 0 Å². The molecule has 2 heteroatoms. The van der Waals surface area contributed by atoms with E-state index in [4.69, 9.17) is 4.42 Å². The van der Waals surface area contributed by atoms with Gasteiger partial charge in [0.15, 0.2) is 0 Å². The number of nitrogens with zero attached hydrogens (tertiary/aromatic N) is 1. The molecule has 0 amide bonds. The molecule has 0 atom stereocenters. The van der Waals surface area contributed by atoms with Gasteiger partial charge in [-0.25, -0.2) is 0 Å². The number of hydrogen-bond acceptors (Lipinski definition) is 2. The molecule has 0 saturated heterocycles. The van der Waals surface area contributed by atoms with Crippen molar-refractivity contribution in [2.45, 2.75) is 0 Å². The van der Waals surface area contributed by atoms with Crippen molar-refractivity contribution in [1.82, 2.24) is 0 Å². The number of benzene rings is 11. The molecule has 1 aromatic heterocycles. The molecule has 0 radical (unpaired) electrons. The lowest BCUT2D eigenvalue weighted by Gasteiger charge is -2.26. The maximum Gasteiger partial charge on any atom is 0.143 e. The van der Waals surface area contributed by atoms with Gasteiger partial charge in [-0.3, -0.25) is 0 Å². The largest absolute Gasteiger partial charge is 0.455 e. The van der Waals surface area contributed by atoms with E-state index in [1.807, 2.05) is 12.1 Å². The molecule has 0 N–H and O–H groups in total. The Labute approximate surface area is 347 Å². The summed E-state index contributed by atoms with van der Waals surface area (Å²) in [6, 6.07) is 81.2. The quantitative estimate of drug-likeness (QED) is 0.157. The fourth-order valence-electron chi connectivity index (χ4n) is 9.39. The van der Waals surface area contributed by atoms with E-state index < -0.39 is 0 Å². The predicted molar refractivity (Wildman–Crippen MR) is 255 cm³/mol. The molecular formula is C58H37NO. The Balaban J connectivity index is 0.975. The first-order valence-electron chi connectivity index (χ1n) is 20.6. The highest BCUT2D eigenvalue weighted by atomic mass is 16.3. The Morgan fingerprint density at radius 2 is 0.783 bits per heavy atom. The summed E-state index contributed by atoms with van der Waals surface area (Å²) in [4.78, 5) is 2.37. The summed E-state index contributed by atoms with van der Waals surface area (Å²) >= 11 is 0. The molecule has 0 fully saturated rings. The number of rotatable bonds is 6. The monoisotopic (exact) mass is 763 g/mol. The summed E-state index contributed by atoms with van der Waals surface area (Å²) in [7, 11) is 0. The summed E-state index contributed by atoms with van der Waals surface area (Å²) in [5.41, 5.74) is 12.0. The van der Waals surface area contributed by atoms with Gasteiger partial charge in [0.05, 0.1) is 0 Å². The summed E-state index contributed by atoms with van der Waals surface area (Å²) in [6.07, 6.45) is 0. The molecule has 0 unspecified atom stereocenters. The van der Waals surface area contributed by atoms with Crippen LogP contribution in [0.15, 0.2) is 229 Å². The van der Waals surface area contributed by atoms with Crippen LogP contribution in [0.5, 0.6) is 0 Å². The minimum absolute atomic E-state index is 0.905. The van der Waals surface area contributed by atoms with Crippen molar-refractivity contribution in [3.05, 3.63) is 224 Å². The highest BCUT2D eigenvalue weighted by Crippen LogP contribution is 2.42. The molecule has 12 aromatic rings. The highest BCUT2D eigenvalue weighted by Gasteiger charge is 2.17. The number of para-hydroxylation sites is 2. The van der Waals surface area contributed by atoms with Crippen LogP contribution in [0.3, 0.4) is 0 Å². The normalized spacial score (nSPS) is 11.7. The first-order valence-corrected chi connectivity index (χ1v) is 20.6. The second-order valence-corrected chi connectivity index (χ2v) is 15.6. The maximum absolute atomic E-state index is 6.44. The minimum Gasteiger partial charge on any atom is -0.455 e. The zero-order valence-corrected chi connectivity index (χ0v) is 32.7. The molecule has 60 heavy (non-hydrogen) atoms. The lowest BCUT2D eigenvalue weighted by molar-refractivity contribution is 0.670. The molecule has 11 aromatic carbocycles. The molecule has 0 bridgehead atoms. The number of furan rings is 1. The van der Waals surface area contributed by atoms with Crippen LogP contribution < -0.4 is 4.90 Å². The fourth-order valence-corrected chi connectivity index (χ4v) is 9.39. The number of fused-ring (bicyclic) bond motifs is 10. The van der Waals surface area contributed by atoms with Crippen LogP contribution in [0, 0.1) is 0 Å². The number of anilines is 3. The van der Waals surface area contributed by atoms with E-state index in [0.717, 1.165) is 50.1 Å². The van der Waals surface area contributed by atoms with Gasteiger partial charge in [-0.15, -0.1) is 0 Å². The topological polar surface area (TPSA) is 16.4 Å². The molecule has 0 aliphatic carbocycles. The number of hydrogen-bond donors (Lipinski definition) is 0. The van der Waals surface area contributed by atoms with Crippen molar-refractivity contribution >= 4 is 82.1 Å². The molecule has 0 saturated carbocycles. The summed E-state index contributed by atoms with van der Waals surface area (Å²) in [6.45, 7) is 0. The third-order valence-electron chi connectivity index (χ3n) is 12.2. The molecule has 280 valence electrons. The van der Waals surface area contributed by atoms with Gasteiger partial charge in [-0.05, 0) is 119 Å². The van der Waals surface area contributed by atoms with Crippen LogP contribution in [0.1, 0.15) is 0 Å². The van der Waals surface area contributed by atoms with Gasteiger partial charge in [0, 0.05) is 33.4 Å². The van der Waals surface area contributed by atoms with Crippen molar-refractivity contribution in [2.24, 2.45) is 0 Å². The average molecular weight is 764 g/mol. The molecule has 12 rings (SSSR count). The van der Waals surface area contributed by atoms with E-state index in [9.17, 15) is 0 Å². The molecule has 0 spiro atoms. The SMILES string of the molecule is c1cc(-c2cccc3ccccc23)cc(N(c2ccc(-c3ccc4c5ccccc5c5ccccc5c4c3)cc2)c2ccc(-c3cccc4c3oc3ccccc34)cc2)c1. The van der Waals surface area contributed by atoms with E-state index in [1.165, 1.54) is 65.3 Å². The fraction of sp³-hybridized carbons (Fsp3) is 0. The smallest absolute Gasteiger partial charge is 0.143 e. The van der Waals surface area contributed by atoms with Gasteiger partial charge in [0.25, 0.3) is 0 Å². The molecule has 0 aliphatic rings. The third kappa shape index (κ3) is 5.57. The van der Waals surface area contributed by atoms with Crippen LogP contribution in [0.4, 0.5) is 17.1 Å². The van der Waals surface area contributed by atoms with Crippen molar-refractivity contribution in [3.8, 4) is 33.4 Å². The molecule has 2 nitrogen and oxygen atoms in total. The maximum atomic E-state index is 6.44. The minimum atomic E-state index is 0.905. The molecular weight excluding hydrogens is 727 g/mol. The second kappa shape index (κ2) is 13.9. The van der Waals surface area contributed by atoms with Crippen LogP contribution >= 0.6 is 0 Å². The van der Waals surface area contributed by atoms with E-state index in [-0.39, 0.29) is 0 Å². The van der Waals surface area contributed by atoms with E-state index >= 15 is 0 Å². The Bertz CT molecular complexity index is 3560. The summed E-state index contributed by atoms with van der Waals surface area (Å²) in [5.74, 6) is 0. The first-order chi connectivity index (χ1) is 29.7. The standard InChI is InChI=1S/C58H37NO/c1-2-16-46-39(12-1)13-10-22-47(46)42-14-9-15-45(36-42)59(44-33-28-40(29-34-44)48-23-11-24-55-54-21-7-8-25-57(54)60-58(48)55)43-31-26-38(27-32-43)41-30-35-53-51-19-4-3-17-49(51)50-18-5-6-20-52(50)56(53)37-41/h1-37H. The van der Waals surface area contributed by atoms with Gasteiger partial charge in [-0.2, -0.15) is 0 Å². The highest BCUT2D eigenvalue weighted by molar-refractivity contribution is 6.25. The average Bonchev–Trinajstić information content (AvgIpc) is 3.71. The van der Waals surface area contributed by atoms with Crippen LogP contribution in [-0.4, -0.2) is 0 Å². The van der Waals surface area contributed by atoms with Gasteiger partial charge in [0.1, 0.15) is 11.2 Å². The van der Waals surface area contributed by atoms with E-state index in [0.29, 0.717) is 0 Å². The predicted octanol–water partition coefficient (Wildman–Crippen LogP) is 16.7. The zero-order valence-electron chi connectivity index (χ0n) is 32.7. The van der Waals surface area contributed by atoms with E-state index in [1.54, 1.807) is 0 Å². The van der Waals surface area contributed by atoms with E-state index in [2.05, 4.69) is 217 Å². The molecule has 1 heterocycles. The van der Waals surface area contributed by atoms with Crippen LogP contribution in [0.25, 0.3) is 98.4 Å². The van der Waals surface area contributed by atoms with Crippen molar-refractivity contribution in [1.29, 1.82) is 0 Å².